The molecule has 0 amide bonds. The Morgan fingerprint density at radius 1 is 0.531 bits per heavy atom. The summed E-state index contributed by atoms with van der Waals surface area (Å²) < 4.78 is 21.1. The van der Waals surface area contributed by atoms with Gasteiger partial charge in [-0.15, -0.1) is 0 Å². The Labute approximate surface area is 311 Å². The van der Waals surface area contributed by atoms with E-state index in [1.165, 1.54) is 77.0 Å². The Morgan fingerprint density at radius 3 is 1.33 bits per heavy atom. The molecular formula is C37H69NO8S3. The zero-order chi connectivity index (χ0) is 36.4. The van der Waals surface area contributed by atoms with Crippen LogP contribution in [0.15, 0.2) is 0 Å². The van der Waals surface area contributed by atoms with Crippen LogP contribution in [-0.2, 0) is 38.1 Å². The number of rotatable bonds is 35. The molecule has 288 valence electrons. The monoisotopic (exact) mass is 751 g/mol. The SMILES string of the molecule is CCCCCCCCSCC(C)C(=O)OCCOC(=O)CCN(CCSC)CCC(=O)OCCOC(=O)C(C)CSCCCCCCCC. The van der Waals surface area contributed by atoms with Crippen molar-refractivity contribution in [2.45, 2.75) is 118 Å². The molecule has 2 atom stereocenters. The van der Waals surface area contributed by atoms with Gasteiger partial charge in [0.2, 0.25) is 0 Å². The first-order valence-electron chi connectivity index (χ1n) is 18.8. The summed E-state index contributed by atoms with van der Waals surface area (Å²) in [6.07, 6.45) is 17.5. The average molecular weight is 752 g/mol. The third kappa shape index (κ3) is 31.4. The lowest BCUT2D eigenvalue weighted by molar-refractivity contribution is -0.154. The third-order valence-corrected chi connectivity index (χ3v) is 11.1. The minimum absolute atomic E-state index is 0.0285. The van der Waals surface area contributed by atoms with Crippen molar-refractivity contribution in [2.24, 2.45) is 11.8 Å². The van der Waals surface area contributed by atoms with E-state index in [4.69, 9.17) is 18.9 Å². The van der Waals surface area contributed by atoms with E-state index in [1.807, 2.05) is 25.0 Å². The van der Waals surface area contributed by atoms with E-state index in [1.54, 1.807) is 35.3 Å². The molecule has 2 unspecified atom stereocenters. The van der Waals surface area contributed by atoms with E-state index in [9.17, 15) is 19.2 Å². The van der Waals surface area contributed by atoms with Crippen molar-refractivity contribution in [1.29, 1.82) is 0 Å². The van der Waals surface area contributed by atoms with Crippen LogP contribution in [0.3, 0.4) is 0 Å². The number of unbranched alkanes of at least 4 members (excludes halogenated alkanes) is 10. The highest BCUT2D eigenvalue weighted by molar-refractivity contribution is 7.99. The number of carbonyl (C=O) groups is 4. The zero-order valence-electron chi connectivity index (χ0n) is 31.5. The summed E-state index contributed by atoms with van der Waals surface area (Å²) >= 11 is 5.27. The van der Waals surface area contributed by atoms with Crippen LogP contribution in [-0.4, -0.2) is 110 Å². The van der Waals surface area contributed by atoms with Gasteiger partial charge < -0.3 is 23.8 Å². The normalized spacial score (nSPS) is 12.4. The van der Waals surface area contributed by atoms with Gasteiger partial charge in [0.25, 0.3) is 0 Å². The van der Waals surface area contributed by atoms with Crippen LogP contribution in [0.5, 0.6) is 0 Å². The molecule has 9 nitrogen and oxygen atoms in total. The van der Waals surface area contributed by atoms with Gasteiger partial charge in [-0.05, 0) is 30.6 Å². The topological polar surface area (TPSA) is 108 Å². The van der Waals surface area contributed by atoms with E-state index in [-0.39, 0.29) is 75.0 Å². The molecule has 0 aromatic rings. The van der Waals surface area contributed by atoms with Crippen LogP contribution >= 0.6 is 35.3 Å². The van der Waals surface area contributed by atoms with E-state index >= 15 is 0 Å². The molecule has 0 saturated heterocycles. The van der Waals surface area contributed by atoms with Crippen molar-refractivity contribution < 1.29 is 38.1 Å². The fraction of sp³-hybridized carbons (Fsp3) is 0.892. The third-order valence-electron chi connectivity index (χ3n) is 7.88. The van der Waals surface area contributed by atoms with Crippen LogP contribution in [0, 0.1) is 11.8 Å². The molecule has 0 saturated carbocycles. The van der Waals surface area contributed by atoms with E-state index in [0.29, 0.717) is 13.1 Å². The predicted molar refractivity (Wildman–Crippen MR) is 208 cm³/mol. The van der Waals surface area contributed by atoms with Gasteiger partial charge in [-0.1, -0.05) is 91.9 Å². The summed E-state index contributed by atoms with van der Waals surface area (Å²) in [7, 11) is 0. The second-order valence-corrected chi connectivity index (χ2v) is 15.9. The Bertz CT molecular complexity index is 773. The molecular weight excluding hydrogens is 683 g/mol. The number of hydrogen-bond donors (Lipinski definition) is 0. The second kappa shape index (κ2) is 35.3. The maximum atomic E-state index is 12.3. The Morgan fingerprint density at radius 2 is 0.918 bits per heavy atom. The summed E-state index contributed by atoms with van der Waals surface area (Å²) in [5.41, 5.74) is 0. The van der Waals surface area contributed by atoms with Gasteiger partial charge in [-0.3, -0.25) is 19.2 Å². The quantitative estimate of drug-likeness (QED) is 0.0355. The van der Waals surface area contributed by atoms with Gasteiger partial charge in [-0.2, -0.15) is 35.3 Å². The van der Waals surface area contributed by atoms with Crippen LogP contribution in [0.2, 0.25) is 0 Å². The number of carbonyl (C=O) groups excluding carboxylic acids is 4. The van der Waals surface area contributed by atoms with Crippen LogP contribution in [0.1, 0.15) is 118 Å². The molecule has 0 aliphatic carbocycles. The van der Waals surface area contributed by atoms with Crippen molar-refractivity contribution >= 4 is 59.2 Å². The minimum Gasteiger partial charge on any atom is -0.462 e. The molecule has 0 N–H and O–H groups in total. The first kappa shape index (κ1) is 47.9. The highest BCUT2D eigenvalue weighted by atomic mass is 32.2. The highest BCUT2D eigenvalue weighted by Gasteiger charge is 2.17. The zero-order valence-corrected chi connectivity index (χ0v) is 33.9. The molecule has 0 aliphatic heterocycles. The fourth-order valence-electron chi connectivity index (χ4n) is 4.70. The molecule has 0 heterocycles. The van der Waals surface area contributed by atoms with Gasteiger partial charge in [0.15, 0.2) is 0 Å². The van der Waals surface area contributed by atoms with E-state index in [0.717, 1.165) is 35.3 Å². The van der Waals surface area contributed by atoms with Crippen molar-refractivity contribution in [3.63, 3.8) is 0 Å². The molecule has 0 radical (unpaired) electrons. The number of esters is 4. The number of thioether (sulfide) groups is 3. The fourth-order valence-corrected chi connectivity index (χ4v) is 7.27. The molecule has 0 aliphatic rings. The molecule has 0 bridgehead atoms. The van der Waals surface area contributed by atoms with Crippen LogP contribution in [0.4, 0.5) is 0 Å². The molecule has 0 aromatic heterocycles. The van der Waals surface area contributed by atoms with E-state index in [2.05, 4.69) is 13.8 Å². The Hall–Kier alpha value is -1.11. The highest BCUT2D eigenvalue weighted by Crippen LogP contribution is 2.15. The van der Waals surface area contributed by atoms with Crippen molar-refractivity contribution in [3.05, 3.63) is 0 Å². The standard InChI is InChI=1S/C37H69NO8S3/c1-6-8-10-12-14-16-27-48-30-32(3)36(41)45-25-23-43-34(39)18-20-38(22-29-47-5)21-19-35(40)44-24-26-46-37(42)33(4)31-49-28-17-15-13-11-9-7-2/h32-33H,6-31H2,1-5H3. The van der Waals surface area contributed by atoms with Gasteiger partial charge in [0.05, 0.1) is 24.7 Å². The number of nitrogens with zero attached hydrogens (tertiary/aromatic N) is 1. The lowest BCUT2D eigenvalue weighted by Crippen LogP contribution is -2.32. The largest absolute Gasteiger partial charge is 0.462 e. The van der Waals surface area contributed by atoms with Gasteiger partial charge in [-0.25, -0.2) is 0 Å². The Balaban J connectivity index is 4.04. The van der Waals surface area contributed by atoms with Gasteiger partial charge in [0.1, 0.15) is 26.4 Å². The average Bonchev–Trinajstić information content (AvgIpc) is 3.09. The maximum absolute atomic E-state index is 12.3. The number of ether oxygens (including phenoxy) is 4. The number of hydrogen-bond acceptors (Lipinski definition) is 12. The molecule has 0 fully saturated rings. The molecule has 0 aromatic carbocycles. The molecule has 0 rings (SSSR count). The summed E-state index contributed by atoms with van der Waals surface area (Å²) in [6.45, 7) is 9.96. The lowest BCUT2D eigenvalue weighted by Gasteiger charge is -2.21. The smallest absolute Gasteiger partial charge is 0.309 e. The minimum atomic E-state index is -0.368. The molecule has 0 spiro atoms. The lowest BCUT2D eigenvalue weighted by atomic mass is 10.1. The van der Waals surface area contributed by atoms with Gasteiger partial charge >= 0.3 is 23.9 Å². The van der Waals surface area contributed by atoms with Gasteiger partial charge in [0, 0.05) is 36.9 Å². The summed E-state index contributed by atoms with van der Waals surface area (Å²) in [4.78, 5) is 51.1. The molecule has 12 heteroatoms. The van der Waals surface area contributed by atoms with Crippen LogP contribution in [0.25, 0.3) is 0 Å². The summed E-state index contributed by atoms with van der Waals surface area (Å²) in [6, 6.07) is 0. The van der Waals surface area contributed by atoms with Crippen LogP contribution < -0.4 is 0 Å². The first-order valence-corrected chi connectivity index (χ1v) is 22.5. The van der Waals surface area contributed by atoms with Crippen molar-refractivity contribution in [2.75, 3.05) is 81.1 Å². The summed E-state index contributed by atoms with van der Waals surface area (Å²) in [5.74, 6) is 2.81. The Kier molecular flexibility index (Phi) is 34.5. The first-order chi connectivity index (χ1) is 23.7. The predicted octanol–water partition coefficient (Wildman–Crippen LogP) is 8.06. The molecule has 49 heavy (non-hydrogen) atoms. The summed E-state index contributed by atoms with van der Waals surface area (Å²) in [5, 5.41) is 0. The van der Waals surface area contributed by atoms with Crippen molar-refractivity contribution in [1.82, 2.24) is 4.90 Å². The van der Waals surface area contributed by atoms with E-state index < -0.39 is 0 Å². The maximum Gasteiger partial charge on any atom is 0.309 e. The second-order valence-electron chi connectivity index (χ2n) is 12.6. The van der Waals surface area contributed by atoms with Crippen molar-refractivity contribution in [3.8, 4) is 0 Å².